The summed E-state index contributed by atoms with van der Waals surface area (Å²) in [7, 11) is 0. The first-order valence-electron chi connectivity index (χ1n) is 5.79. The van der Waals surface area contributed by atoms with E-state index in [0.29, 0.717) is 22.4 Å². The van der Waals surface area contributed by atoms with Crippen LogP contribution in [0.15, 0.2) is 18.2 Å². The summed E-state index contributed by atoms with van der Waals surface area (Å²) in [5.41, 5.74) is 1.06. The fourth-order valence-electron chi connectivity index (χ4n) is 2.42. The van der Waals surface area contributed by atoms with Crippen LogP contribution in [0.1, 0.15) is 31.2 Å². The first kappa shape index (κ1) is 12.2. The molecule has 16 heavy (non-hydrogen) atoms. The van der Waals surface area contributed by atoms with Crippen molar-refractivity contribution in [2.75, 3.05) is 0 Å². The minimum atomic E-state index is -0.236. The number of rotatable bonds is 3. The van der Waals surface area contributed by atoms with Gasteiger partial charge in [-0.3, -0.25) is 0 Å². The maximum absolute atomic E-state index is 10.1. The molecule has 88 valence electrons. The van der Waals surface area contributed by atoms with Gasteiger partial charge in [-0.05, 0) is 42.9 Å². The zero-order chi connectivity index (χ0) is 11.5. The summed E-state index contributed by atoms with van der Waals surface area (Å²) < 4.78 is 0. The SMILES string of the molecule is OC(Cc1ccc(Cl)c(Cl)c1)C1CCCC1. The topological polar surface area (TPSA) is 20.2 Å². The van der Waals surface area contributed by atoms with Crippen molar-refractivity contribution in [3.8, 4) is 0 Å². The Bertz CT molecular complexity index is 359. The number of halogens is 2. The lowest BCUT2D eigenvalue weighted by atomic mass is 9.95. The fourth-order valence-corrected chi connectivity index (χ4v) is 2.74. The smallest absolute Gasteiger partial charge is 0.0608 e. The van der Waals surface area contributed by atoms with Gasteiger partial charge in [0.1, 0.15) is 0 Å². The summed E-state index contributed by atoms with van der Waals surface area (Å²) in [6.45, 7) is 0. The monoisotopic (exact) mass is 258 g/mol. The van der Waals surface area contributed by atoms with E-state index in [4.69, 9.17) is 23.2 Å². The average molecular weight is 259 g/mol. The van der Waals surface area contributed by atoms with Crippen LogP contribution in [0.5, 0.6) is 0 Å². The largest absolute Gasteiger partial charge is 0.392 e. The Morgan fingerprint density at radius 3 is 2.50 bits per heavy atom. The Hall–Kier alpha value is -0.240. The van der Waals surface area contributed by atoms with E-state index < -0.39 is 0 Å². The molecule has 0 spiro atoms. The Morgan fingerprint density at radius 1 is 1.19 bits per heavy atom. The summed E-state index contributed by atoms with van der Waals surface area (Å²) in [4.78, 5) is 0. The van der Waals surface area contributed by atoms with Crippen molar-refractivity contribution in [1.29, 1.82) is 0 Å². The second-order valence-electron chi connectivity index (χ2n) is 4.56. The maximum atomic E-state index is 10.1. The van der Waals surface area contributed by atoms with Crippen LogP contribution in [0.3, 0.4) is 0 Å². The van der Waals surface area contributed by atoms with Crippen molar-refractivity contribution in [1.82, 2.24) is 0 Å². The molecule has 0 heterocycles. The van der Waals surface area contributed by atoms with Crippen molar-refractivity contribution in [3.05, 3.63) is 33.8 Å². The highest BCUT2D eigenvalue weighted by molar-refractivity contribution is 6.42. The highest BCUT2D eigenvalue weighted by atomic mass is 35.5. The molecule has 3 heteroatoms. The van der Waals surface area contributed by atoms with Gasteiger partial charge in [0.05, 0.1) is 16.1 Å². The first-order valence-corrected chi connectivity index (χ1v) is 6.54. The molecule has 1 nitrogen and oxygen atoms in total. The van der Waals surface area contributed by atoms with Gasteiger partial charge in [-0.25, -0.2) is 0 Å². The van der Waals surface area contributed by atoms with Crippen LogP contribution in [0.4, 0.5) is 0 Å². The number of benzene rings is 1. The molecule has 0 aliphatic heterocycles. The van der Waals surface area contributed by atoms with Crippen LogP contribution in [0, 0.1) is 5.92 Å². The molecule has 1 aromatic rings. The Balaban J connectivity index is 1.99. The van der Waals surface area contributed by atoms with E-state index in [1.54, 1.807) is 6.07 Å². The van der Waals surface area contributed by atoms with Crippen LogP contribution in [-0.2, 0) is 6.42 Å². The Labute approximate surface area is 106 Å². The lowest BCUT2D eigenvalue weighted by molar-refractivity contribution is 0.111. The van der Waals surface area contributed by atoms with E-state index in [0.717, 1.165) is 18.4 Å². The molecular weight excluding hydrogens is 243 g/mol. The Kier molecular flexibility index (Phi) is 4.12. The number of hydrogen-bond acceptors (Lipinski definition) is 1. The highest BCUT2D eigenvalue weighted by Gasteiger charge is 2.23. The molecular formula is C13H16Cl2O. The zero-order valence-corrected chi connectivity index (χ0v) is 10.6. The second kappa shape index (κ2) is 5.39. The van der Waals surface area contributed by atoms with Crippen LogP contribution >= 0.6 is 23.2 Å². The molecule has 2 rings (SSSR count). The van der Waals surface area contributed by atoms with E-state index >= 15 is 0 Å². The van der Waals surface area contributed by atoms with Gasteiger partial charge in [0.25, 0.3) is 0 Å². The molecule has 1 aliphatic rings. The van der Waals surface area contributed by atoms with Gasteiger partial charge in [-0.1, -0.05) is 42.1 Å². The van der Waals surface area contributed by atoms with E-state index in [9.17, 15) is 5.11 Å². The normalized spacial score (nSPS) is 18.9. The van der Waals surface area contributed by atoms with Gasteiger partial charge in [0.15, 0.2) is 0 Å². The molecule has 0 aromatic heterocycles. The van der Waals surface area contributed by atoms with Crippen LogP contribution < -0.4 is 0 Å². The minimum absolute atomic E-state index is 0.236. The molecule has 0 saturated heterocycles. The van der Waals surface area contributed by atoms with E-state index in [1.807, 2.05) is 12.1 Å². The summed E-state index contributed by atoms with van der Waals surface area (Å²) >= 11 is 11.8. The molecule has 0 radical (unpaired) electrons. The summed E-state index contributed by atoms with van der Waals surface area (Å²) in [6.07, 6.45) is 5.26. The summed E-state index contributed by atoms with van der Waals surface area (Å²) in [6, 6.07) is 5.58. The third kappa shape index (κ3) is 2.91. The van der Waals surface area contributed by atoms with Crippen molar-refractivity contribution >= 4 is 23.2 Å². The quantitative estimate of drug-likeness (QED) is 0.866. The van der Waals surface area contributed by atoms with Crippen molar-refractivity contribution in [2.24, 2.45) is 5.92 Å². The first-order chi connectivity index (χ1) is 7.66. The lowest BCUT2D eigenvalue weighted by Crippen LogP contribution is -2.20. The van der Waals surface area contributed by atoms with E-state index in [2.05, 4.69) is 0 Å². The van der Waals surface area contributed by atoms with Gasteiger partial charge in [-0.15, -0.1) is 0 Å². The lowest BCUT2D eigenvalue weighted by Gasteiger charge is -2.17. The molecule has 0 amide bonds. The predicted octanol–water partition coefficient (Wildman–Crippen LogP) is 4.09. The molecule has 1 unspecified atom stereocenters. The molecule has 1 aromatic carbocycles. The van der Waals surface area contributed by atoms with Crippen molar-refractivity contribution in [2.45, 2.75) is 38.2 Å². The van der Waals surface area contributed by atoms with Crippen LogP contribution in [0.25, 0.3) is 0 Å². The van der Waals surface area contributed by atoms with Crippen LogP contribution in [0.2, 0.25) is 10.0 Å². The molecule has 1 fully saturated rings. The van der Waals surface area contributed by atoms with Crippen molar-refractivity contribution < 1.29 is 5.11 Å². The molecule has 1 N–H and O–H groups in total. The number of hydrogen-bond donors (Lipinski definition) is 1. The number of aliphatic hydroxyl groups is 1. The highest BCUT2D eigenvalue weighted by Crippen LogP contribution is 2.30. The maximum Gasteiger partial charge on any atom is 0.0608 e. The van der Waals surface area contributed by atoms with Gasteiger partial charge in [-0.2, -0.15) is 0 Å². The van der Waals surface area contributed by atoms with Gasteiger partial charge in [0, 0.05) is 0 Å². The van der Waals surface area contributed by atoms with Crippen LogP contribution in [-0.4, -0.2) is 11.2 Å². The Morgan fingerprint density at radius 2 is 1.88 bits per heavy atom. The fraction of sp³-hybridized carbons (Fsp3) is 0.538. The van der Waals surface area contributed by atoms with Gasteiger partial charge >= 0.3 is 0 Å². The van der Waals surface area contributed by atoms with Gasteiger partial charge < -0.3 is 5.11 Å². The molecule has 1 saturated carbocycles. The third-order valence-corrected chi connectivity index (χ3v) is 4.11. The van der Waals surface area contributed by atoms with E-state index in [-0.39, 0.29) is 6.10 Å². The molecule has 0 bridgehead atoms. The predicted molar refractivity (Wildman–Crippen MR) is 68.1 cm³/mol. The summed E-state index contributed by atoms with van der Waals surface area (Å²) in [5.74, 6) is 0.467. The minimum Gasteiger partial charge on any atom is -0.392 e. The van der Waals surface area contributed by atoms with Crippen molar-refractivity contribution in [3.63, 3.8) is 0 Å². The average Bonchev–Trinajstić information content (AvgIpc) is 2.77. The van der Waals surface area contributed by atoms with Gasteiger partial charge in [0.2, 0.25) is 0 Å². The standard InChI is InChI=1S/C13H16Cl2O/c14-11-6-5-9(7-12(11)15)8-13(16)10-3-1-2-4-10/h5-7,10,13,16H,1-4,8H2. The van der Waals surface area contributed by atoms with E-state index in [1.165, 1.54) is 12.8 Å². The molecule has 1 aliphatic carbocycles. The second-order valence-corrected chi connectivity index (χ2v) is 5.38. The number of aliphatic hydroxyl groups excluding tert-OH is 1. The summed E-state index contributed by atoms with van der Waals surface area (Å²) in [5, 5.41) is 11.2. The third-order valence-electron chi connectivity index (χ3n) is 3.37. The zero-order valence-electron chi connectivity index (χ0n) is 9.13. The molecule has 1 atom stereocenters.